The van der Waals surface area contributed by atoms with E-state index >= 15 is 0 Å². The van der Waals surface area contributed by atoms with E-state index in [0.717, 1.165) is 18.5 Å². The number of nitrogens with two attached hydrogens (primary N) is 1. The Labute approximate surface area is 139 Å². The Morgan fingerprint density at radius 3 is 2.76 bits per heavy atom. The Hall–Kier alpha value is -0.840. The van der Waals surface area contributed by atoms with Crippen molar-refractivity contribution in [3.05, 3.63) is 30.1 Å². The average molecular weight is 334 g/mol. The van der Waals surface area contributed by atoms with E-state index in [9.17, 15) is 4.79 Å². The van der Waals surface area contributed by atoms with Gasteiger partial charge in [-0.2, -0.15) is 0 Å². The molecule has 1 saturated heterocycles. The molecule has 0 saturated carbocycles. The van der Waals surface area contributed by atoms with Crippen molar-refractivity contribution >= 4 is 30.7 Å². The lowest BCUT2D eigenvalue weighted by Gasteiger charge is -2.23. The fraction of sp³-hybridized carbons (Fsp3) is 0.600. The number of nitrogens with zero attached hydrogens (tertiary/aromatic N) is 2. The molecule has 0 radical (unpaired) electrons. The maximum absolute atomic E-state index is 12.4. The van der Waals surface area contributed by atoms with Crippen LogP contribution in [0, 0.1) is 5.92 Å². The molecule has 1 aromatic heterocycles. The molecule has 3 unspecified atom stereocenters. The molecule has 1 aliphatic heterocycles. The van der Waals surface area contributed by atoms with Gasteiger partial charge in [-0.05, 0) is 43.4 Å². The van der Waals surface area contributed by atoms with Crippen LogP contribution in [0.15, 0.2) is 24.5 Å². The van der Waals surface area contributed by atoms with Crippen LogP contribution in [0.3, 0.4) is 0 Å². The molecule has 21 heavy (non-hydrogen) atoms. The molecule has 2 N–H and O–H groups in total. The van der Waals surface area contributed by atoms with Crippen LogP contribution in [0.5, 0.6) is 0 Å². The first-order valence-corrected chi connectivity index (χ1v) is 7.01. The first-order chi connectivity index (χ1) is 9.11. The summed E-state index contributed by atoms with van der Waals surface area (Å²) < 4.78 is 0. The molecule has 3 atom stereocenters. The van der Waals surface area contributed by atoms with Gasteiger partial charge in [0.15, 0.2) is 0 Å². The molecule has 1 fully saturated rings. The van der Waals surface area contributed by atoms with Gasteiger partial charge in [0.25, 0.3) is 0 Å². The quantitative estimate of drug-likeness (QED) is 0.921. The van der Waals surface area contributed by atoms with Gasteiger partial charge in [-0.1, -0.05) is 13.0 Å². The minimum absolute atomic E-state index is 0. The molecule has 2 heterocycles. The van der Waals surface area contributed by atoms with Crippen LogP contribution < -0.4 is 5.73 Å². The lowest BCUT2D eigenvalue weighted by molar-refractivity contribution is -0.132. The maximum Gasteiger partial charge on any atom is 0.223 e. The summed E-state index contributed by atoms with van der Waals surface area (Å²) in [5.41, 5.74) is 6.83. The van der Waals surface area contributed by atoms with Gasteiger partial charge in [-0.3, -0.25) is 9.78 Å². The van der Waals surface area contributed by atoms with Crippen LogP contribution in [0.4, 0.5) is 0 Å². The van der Waals surface area contributed by atoms with E-state index < -0.39 is 0 Å². The molecule has 1 aromatic rings. The topological polar surface area (TPSA) is 59.2 Å². The molecule has 4 nitrogen and oxygen atoms in total. The first kappa shape index (κ1) is 20.2. The van der Waals surface area contributed by atoms with Gasteiger partial charge in [-0.15, -0.1) is 24.8 Å². The number of hydrogen-bond acceptors (Lipinski definition) is 3. The molecular weight excluding hydrogens is 309 g/mol. The highest BCUT2D eigenvalue weighted by Crippen LogP contribution is 2.26. The predicted octanol–water partition coefficient (Wildman–Crippen LogP) is 2.61. The molecular formula is C15H25Cl2N3O. The van der Waals surface area contributed by atoms with Gasteiger partial charge in [0.2, 0.25) is 5.91 Å². The Bertz CT molecular complexity index is 430. The standard InChI is InChI=1S/C15H23N3O.2ClH/c1-11(14-4-3-5-17-9-14)6-15(19)18-10-13(8-16)7-12(18)2;;/h3-5,9,11-13H,6-8,10,16H2,1-2H3;2*1H. The summed E-state index contributed by atoms with van der Waals surface area (Å²) in [6.45, 7) is 5.68. The van der Waals surface area contributed by atoms with Crippen molar-refractivity contribution in [1.82, 2.24) is 9.88 Å². The summed E-state index contributed by atoms with van der Waals surface area (Å²) in [5, 5.41) is 0. The average Bonchev–Trinajstić information content (AvgIpc) is 2.81. The largest absolute Gasteiger partial charge is 0.340 e. The van der Waals surface area contributed by atoms with Crippen LogP contribution >= 0.6 is 24.8 Å². The lowest BCUT2D eigenvalue weighted by atomic mass is 9.99. The van der Waals surface area contributed by atoms with E-state index in [1.54, 1.807) is 6.20 Å². The smallest absolute Gasteiger partial charge is 0.223 e. The molecule has 0 aromatic carbocycles. The second kappa shape index (κ2) is 9.23. The highest BCUT2D eigenvalue weighted by Gasteiger charge is 2.31. The molecule has 2 rings (SSSR count). The minimum atomic E-state index is 0. The highest BCUT2D eigenvalue weighted by atomic mass is 35.5. The zero-order chi connectivity index (χ0) is 13.8. The van der Waals surface area contributed by atoms with Crippen LogP contribution in [0.1, 0.15) is 38.2 Å². The number of carbonyl (C=O) groups excluding carboxylic acids is 1. The molecule has 0 spiro atoms. The third-order valence-electron chi connectivity index (χ3n) is 4.05. The van der Waals surface area contributed by atoms with E-state index in [-0.39, 0.29) is 36.6 Å². The lowest BCUT2D eigenvalue weighted by Crippen LogP contribution is -2.35. The number of halogens is 2. The van der Waals surface area contributed by atoms with Gasteiger partial charge in [-0.25, -0.2) is 0 Å². The number of pyridine rings is 1. The normalized spacial score (nSPS) is 22.1. The summed E-state index contributed by atoms with van der Waals surface area (Å²) in [7, 11) is 0. The van der Waals surface area contributed by atoms with Crippen LogP contribution in [-0.2, 0) is 4.79 Å². The molecule has 1 amide bonds. The van der Waals surface area contributed by atoms with Gasteiger partial charge in [0.1, 0.15) is 0 Å². The Morgan fingerprint density at radius 2 is 2.24 bits per heavy atom. The molecule has 120 valence electrons. The number of likely N-dealkylation sites (tertiary alicyclic amines) is 1. The van der Waals surface area contributed by atoms with Gasteiger partial charge >= 0.3 is 0 Å². The van der Waals surface area contributed by atoms with Crippen molar-refractivity contribution in [3.63, 3.8) is 0 Å². The molecule has 0 bridgehead atoms. The summed E-state index contributed by atoms with van der Waals surface area (Å²) in [4.78, 5) is 18.5. The maximum atomic E-state index is 12.4. The SMILES string of the molecule is CC(CC(=O)N1CC(CN)CC1C)c1cccnc1.Cl.Cl. The van der Waals surface area contributed by atoms with E-state index in [1.165, 1.54) is 0 Å². The predicted molar refractivity (Wildman–Crippen MR) is 90.1 cm³/mol. The Balaban J connectivity index is 0.00000200. The van der Waals surface area contributed by atoms with Crippen LogP contribution in [0.25, 0.3) is 0 Å². The molecule has 1 aliphatic rings. The van der Waals surface area contributed by atoms with Gasteiger partial charge in [0, 0.05) is 31.4 Å². The second-order valence-corrected chi connectivity index (χ2v) is 5.62. The van der Waals surface area contributed by atoms with Crippen molar-refractivity contribution in [2.24, 2.45) is 11.7 Å². The zero-order valence-corrected chi connectivity index (χ0v) is 14.2. The van der Waals surface area contributed by atoms with E-state index in [4.69, 9.17) is 5.73 Å². The third-order valence-corrected chi connectivity index (χ3v) is 4.05. The monoisotopic (exact) mass is 333 g/mol. The number of amides is 1. The minimum Gasteiger partial charge on any atom is -0.340 e. The number of hydrogen-bond donors (Lipinski definition) is 1. The Kier molecular flexibility index (Phi) is 8.86. The van der Waals surface area contributed by atoms with Crippen molar-refractivity contribution in [2.45, 2.75) is 38.6 Å². The Morgan fingerprint density at radius 1 is 1.52 bits per heavy atom. The second-order valence-electron chi connectivity index (χ2n) is 5.62. The molecule has 6 heteroatoms. The number of rotatable bonds is 4. The number of aromatic nitrogens is 1. The third kappa shape index (κ3) is 5.13. The van der Waals surface area contributed by atoms with Crippen LogP contribution in [0.2, 0.25) is 0 Å². The number of carbonyl (C=O) groups is 1. The van der Waals surface area contributed by atoms with Gasteiger partial charge < -0.3 is 10.6 Å². The zero-order valence-electron chi connectivity index (χ0n) is 12.6. The fourth-order valence-electron chi connectivity index (χ4n) is 2.83. The van der Waals surface area contributed by atoms with E-state index in [0.29, 0.717) is 24.9 Å². The van der Waals surface area contributed by atoms with Crippen molar-refractivity contribution in [2.75, 3.05) is 13.1 Å². The summed E-state index contributed by atoms with van der Waals surface area (Å²) in [6.07, 6.45) is 5.18. The van der Waals surface area contributed by atoms with Crippen molar-refractivity contribution < 1.29 is 4.79 Å². The molecule has 0 aliphatic carbocycles. The first-order valence-electron chi connectivity index (χ1n) is 7.01. The van der Waals surface area contributed by atoms with E-state index in [1.807, 2.05) is 23.2 Å². The van der Waals surface area contributed by atoms with Crippen molar-refractivity contribution in [1.29, 1.82) is 0 Å². The summed E-state index contributed by atoms with van der Waals surface area (Å²) in [6, 6.07) is 4.27. The van der Waals surface area contributed by atoms with Crippen molar-refractivity contribution in [3.8, 4) is 0 Å². The summed E-state index contributed by atoms with van der Waals surface area (Å²) >= 11 is 0. The van der Waals surface area contributed by atoms with Gasteiger partial charge in [0.05, 0.1) is 0 Å². The fourth-order valence-corrected chi connectivity index (χ4v) is 2.83. The van der Waals surface area contributed by atoms with Crippen LogP contribution in [-0.4, -0.2) is 34.9 Å². The summed E-state index contributed by atoms with van der Waals surface area (Å²) in [5.74, 6) is 0.915. The van der Waals surface area contributed by atoms with E-state index in [2.05, 4.69) is 18.8 Å². The highest BCUT2D eigenvalue weighted by molar-refractivity contribution is 5.85.